The van der Waals surface area contributed by atoms with Crippen molar-refractivity contribution in [2.45, 2.75) is 24.9 Å². The normalized spacial score (nSPS) is 13.8. The summed E-state index contributed by atoms with van der Waals surface area (Å²) < 4.78 is 86.4. The van der Waals surface area contributed by atoms with E-state index in [0.717, 1.165) is 24.4 Å². The molecule has 6 nitrogen and oxygen atoms in total. The Kier molecular flexibility index (Phi) is 6.58. The maximum absolute atomic E-state index is 14.1. The van der Waals surface area contributed by atoms with Crippen molar-refractivity contribution in [1.82, 2.24) is 10.3 Å². The lowest BCUT2D eigenvalue weighted by atomic mass is 10.1. The van der Waals surface area contributed by atoms with Gasteiger partial charge in [-0.15, -0.1) is 0 Å². The lowest BCUT2D eigenvalue weighted by Gasteiger charge is -2.36. The highest BCUT2D eigenvalue weighted by Gasteiger charge is 2.64. The summed E-state index contributed by atoms with van der Waals surface area (Å²) in [6.07, 6.45) is -8.46. The number of ether oxygens (including phenoxy) is 1. The summed E-state index contributed by atoms with van der Waals surface area (Å²) >= 11 is 0. The third-order valence-electron chi connectivity index (χ3n) is 3.79. The summed E-state index contributed by atoms with van der Waals surface area (Å²) in [5, 5.41) is 2.96. The largest absolute Gasteiger partial charge is 0.463 e. The number of esters is 1. The van der Waals surface area contributed by atoms with Crippen molar-refractivity contribution in [2.75, 3.05) is 11.9 Å². The molecular weight excluding hydrogens is 420 g/mol. The zero-order valence-electron chi connectivity index (χ0n) is 15.3. The first-order valence-electron chi connectivity index (χ1n) is 8.33. The number of benzene rings is 1. The first kappa shape index (κ1) is 23.0. The highest BCUT2D eigenvalue weighted by atomic mass is 19.4. The van der Waals surface area contributed by atoms with E-state index in [-0.39, 0.29) is 5.56 Å². The number of carbonyl (C=O) groups excluding carboxylic acids is 2. The van der Waals surface area contributed by atoms with Crippen LogP contribution in [0.25, 0.3) is 0 Å². The van der Waals surface area contributed by atoms with Gasteiger partial charge in [-0.05, 0) is 31.2 Å². The molecule has 1 aromatic carbocycles. The van der Waals surface area contributed by atoms with Gasteiger partial charge in [-0.3, -0.25) is 9.78 Å². The van der Waals surface area contributed by atoms with E-state index in [1.54, 1.807) is 0 Å². The van der Waals surface area contributed by atoms with Gasteiger partial charge in [0.1, 0.15) is 0 Å². The third-order valence-corrected chi connectivity index (χ3v) is 3.79. The third kappa shape index (κ3) is 4.81. The Morgan fingerprint density at radius 3 is 2.23 bits per heavy atom. The molecule has 1 amide bonds. The van der Waals surface area contributed by atoms with E-state index in [0.29, 0.717) is 12.1 Å². The van der Waals surface area contributed by atoms with Gasteiger partial charge in [-0.2, -0.15) is 26.3 Å². The molecule has 2 rings (SSSR count). The molecular formula is C18H15F6N3O3. The van der Waals surface area contributed by atoms with Crippen LogP contribution in [0.2, 0.25) is 0 Å². The Bertz CT molecular complexity index is 902. The van der Waals surface area contributed by atoms with Gasteiger partial charge < -0.3 is 15.4 Å². The van der Waals surface area contributed by atoms with E-state index >= 15 is 0 Å². The summed E-state index contributed by atoms with van der Waals surface area (Å²) in [4.78, 5) is 28.3. The van der Waals surface area contributed by atoms with E-state index in [1.807, 2.05) is 0 Å². The van der Waals surface area contributed by atoms with Crippen LogP contribution in [0.1, 0.15) is 22.8 Å². The fourth-order valence-corrected chi connectivity index (χ4v) is 2.41. The summed E-state index contributed by atoms with van der Waals surface area (Å²) in [5.41, 5.74) is -6.92. The van der Waals surface area contributed by atoms with E-state index in [9.17, 15) is 35.9 Å². The van der Waals surface area contributed by atoms with Crippen LogP contribution < -0.4 is 10.6 Å². The molecule has 1 aromatic heterocycles. The quantitative estimate of drug-likeness (QED) is 0.410. The minimum absolute atomic E-state index is 0.360. The van der Waals surface area contributed by atoms with Crippen LogP contribution in [-0.2, 0) is 15.7 Å². The maximum atomic E-state index is 14.1. The van der Waals surface area contributed by atoms with Gasteiger partial charge in [0.15, 0.2) is 0 Å². The van der Waals surface area contributed by atoms with Crippen molar-refractivity contribution in [1.29, 1.82) is 0 Å². The highest BCUT2D eigenvalue weighted by Crippen LogP contribution is 2.39. The zero-order valence-corrected chi connectivity index (χ0v) is 15.3. The summed E-state index contributed by atoms with van der Waals surface area (Å²) in [6.45, 7) is 0.674. The number of carbonyl (C=O) groups is 2. The molecule has 1 unspecified atom stereocenters. The van der Waals surface area contributed by atoms with E-state index < -0.39 is 47.7 Å². The van der Waals surface area contributed by atoms with Crippen molar-refractivity contribution >= 4 is 17.6 Å². The molecule has 162 valence electrons. The molecule has 0 aliphatic heterocycles. The summed E-state index contributed by atoms with van der Waals surface area (Å²) in [6, 6.07) is 5.57. The number of halogens is 6. The Morgan fingerprint density at radius 2 is 1.70 bits per heavy atom. The molecule has 2 aromatic rings. The van der Waals surface area contributed by atoms with Crippen LogP contribution in [0.15, 0.2) is 48.8 Å². The Labute approximate surface area is 166 Å². The van der Waals surface area contributed by atoms with Gasteiger partial charge in [0, 0.05) is 18.1 Å². The van der Waals surface area contributed by atoms with Crippen molar-refractivity contribution in [3.05, 3.63) is 59.9 Å². The number of amides is 1. The van der Waals surface area contributed by atoms with Gasteiger partial charge in [0.2, 0.25) is 0 Å². The van der Waals surface area contributed by atoms with E-state index in [4.69, 9.17) is 0 Å². The van der Waals surface area contributed by atoms with Crippen LogP contribution in [0, 0.1) is 0 Å². The van der Waals surface area contributed by atoms with E-state index in [2.05, 4.69) is 9.72 Å². The molecule has 0 radical (unpaired) electrons. The second-order valence-electron chi connectivity index (χ2n) is 5.83. The molecule has 0 fully saturated rings. The molecule has 30 heavy (non-hydrogen) atoms. The molecule has 0 bridgehead atoms. The number of pyridine rings is 1. The average Bonchev–Trinajstić information content (AvgIpc) is 2.67. The minimum atomic E-state index is -5.59. The molecule has 1 atom stereocenters. The van der Waals surface area contributed by atoms with Gasteiger partial charge >= 0.3 is 24.0 Å². The van der Waals surface area contributed by atoms with Crippen molar-refractivity contribution < 1.29 is 40.7 Å². The van der Waals surface area contributed by atoms with Crippen LogP contribution in [-0.4, -0.2) is 35.3 Å². The number of nitrogens with one attached hydrogen (secondary N) is 2. The predicted octanol–water partition coefficient (Wildman–Crippen LogP) is 3.76. The molecule has 0 saturated carbocycles. The summed E-state index contributed by atoms with van der Waals surface area (Å²) in [7, 11) is 0. The molecule has 1 heterocycles. The van der Waals surface area contributed by atoms with Gasteiger partial charge in [-0.25, -0.2) is 4.79 Å². The van der Waals surface area contributed by atoms with Crippen molar-refractivity contribution in [2.24, 2.45) is 0 Å². The first-order valence-corrected chi connectivity index (χ1v) is 8.33. The van der Waals surface area contributed by atoms with Crippen molar-refractivity contribution in [3.8, 4) is 0 Å². The molecule has 2 N–H and O–H groups in total. The van der Waals surface area contributed by atoms with Gasteiger partial charge in [-0.1, -0.05) is 12.1 Å². The number of alkyl halides is 6. The monoisotopic (exact) mass is 435 g/mol. The fraction of sp³-hybridized carbons (Fsp3) is 0.278. The molecule has 12 heteroatoms. The Morgan fingerprint density at radius 1 is 1.03 bits per heavy atom. The number of hydrogen-bond acceptors (Lipinski definition) is 5. The lowest BCUT2D eigenvalue weighted by Crippen LogP contribution is -2.69. The van der Waals surface area contributed by atoms with Gasteiger partial charge in [0.05, 0.1) is 17.7 Å². The fourth-order valence-electron chi connectivity index (χ4n) is 2.41. The number of nitrogens with zero attached hydrogens (tertiary/aromatic N) is 1. The second-order valence-corrected chi connectivity index (χ2v) is 5.83. The second kappa shape index (κ2) is 8.59. The maximum Gasteiger partial charge on any atom is 0.441 e. The van der Waals surface area contributed by atoms with Crippen LogP contribution in [0.5, 0.6) is 0 Å². The number of rotatable bonds is 6. The molecule has 0 saturated heterocycles. The van der Waals surface area contributed by atoms with Crippen molar-refractivity contribution in [3.63, 3.8) is 0 Å². The van der Waals surface area contributed by atoms with Crippen LogP contribution >= 0.6 is 0 Å². The number of anilines is 1. The topological polar surface area (TPSA) is 80.3 Å². The number of aromatic nitrogens is 1. The average molecular weight is 435 g/mol. The molecule has 0 aliphatic rings. The standard InChI is InChI=1S/C18H15F6N3O3/c1-2-30-15(29)16(18(22,23)24,27-14(28)11-6-5-9-25-10-11)26-13-8-4-3-7-12(13)17(19,20)21/h3-10,26H,2H2,1H3,(H,27,28). The first-order chi connectivity index (χ1) is 13.9. The van der Waals surface area contributed by atoms with E-state index in [1.165, 1.54) is 29.8 Å². The molecule has 0 aliphatic carbocycles. The number of hydrogen-bond donors (Lipinski definition) is 2. The Hall–Kier alpha value is -3.31. The van der Waals surface area contributed by atoms with Crippen LogP contribution in [0.4, 0.5) is 32.0 Å². The van der Waals surface area contributed by atoms with Crippen LogP contribution in [0.3, 0.4) is 0 Å². The number of para-hydroxylation sites is 1. The smallest absolute Gasteiger partial charge is 0.441 e. The molecule has 0 spiro atoms. The highest BCUT2D eigenvalue weighted by molar-refractivity contribution is 5.99. The predicted molar refractivity (Wildman–Crippen MR) is 92.2 cm³/mol. The lowest BCUT2D eigenvalue weighted by molar-refractivity contribution is -0.204. The SMILES string of the molecule is CCOC(=O)C(NC(=O)c1cccnc1)(Nc1ccccc1C(F)(F)F)C(F)(F)F. The summed E-state index contributed by atoms with van der Waals surface area (Å²) in [5.74, 6) is -3.45. The van der Waals surface area contributed by atoms with Gasteiger partial charge in [0.25, 0.3) is 5.91 Å². The minimum Gasteiger partial charge on any atom is -0.463 e. The Balaban J connectivity index is 2.61. The zero-order chi connectivity index (χ0) is 22.6.